The molecule has 1 heterocycles. The lowest BCUT2D eigenvalue weighted by Gasteiger charge is -2.09. The summed E-state index contributed by atoms with van der Waals surface area (Å²) in [5.74, 6) is -1.72. The molecule has 0 bridgehead atoms. The number of nitrogens with one attached hydrogen (secondary N) is 1. The molecule has 1 aliphatic heterocycles. The number of hydrogen-bond donors (Lipinski definition) is 3. The fourth-order valence-electron chi connectivity index (χ4n) is 1.43. The Bertz CT molecular complexity index is 349. The van der Waals surface area contributed by atoms with E-state index >= 15 is 0 Å². The summed E-state index contributed by atoms with van der Waals surface area (Å²) in [4.78, 5) is 33.7. The maximum absolute atomic E-state index is 11.7. The molecule has 0 aromatic carbocycles. The number of unbranched alkanes of at least 4 members (excludes halogenated alkanes) is 1. The predicted molar refractivity (Wildman–Crippen MR) is 57.1 cm³/mol. The molecule has 1 aliphatic rings. The Morgan fingerprint density at radius 2 is 2.06 bits per heavy atom. The summed E-state index contributed by atoms with van der Waals surface area (Å²) in [5, 5.41) is 2.00. The number of hydrogen-bond acceptors (Lipinski definition) is 5. The van der Waals surface area contributed by atoms with Gasteiger partial charge < -0.3 is 11.5 Å². The molecule has 0 unspecified atom stereocenters. The van der Waals surface area contributed by atoms with Gasteiger partial charge in [0.15, 0.2) is 5.78 Å². The third kappa shape index (κ3) is 2.98. The highest BCUT2D eigenvalue weighted by Crippen LogP contribution is 2.09. The first-order chi connectivity index (χ1) is 7.56. The molecule has 0 aromatic rings. The van der Waals surface area contributed by atoms with Crippen molar-refractivity contribution in [3.8, 4) is 0 Å². The SMILES string of the molecule is NCCCC[C@H](N)C(=O)C1=CC(=O)NC1=O. The standard InChI is InChI=1S/C10H15N3O3/c11-4-2-1-3-7(12)9(15)6-5-8(14)13-10(6)16/h5,7H,1-4,11-12H2,(H,13,14,16)/t7-/m0/s1. The number of imide groups is 1. The largest absolute Gasteiger partial charge is 0.330 e. The van der Waals surface area contributed by atoms with E-state index in [1.54, 1.807) is 0 Å². The molecular formula is C10H15N3O3. The molecule has 0 spiro atoms. The van der Waals surface area contributed by atoms with E-state index < -0.39 is 23.6 Å². The van der Waals surface area contributed by atoms with Crippen molar-refractivity contribution >= 4 is 17.6 Å². The molecule has 6 heteroatoms. The van der Waals surface area contributed by atoms with Crippen molar-refractivity contribution in [2.75, 3.05) is 6.54 Å². The highest BCUT2D eigenvalue weighted by Gasteiger charge is 2.29. The highest BCUT2D eigenvalue weighted by atomic mass is 16.2. The van der Waals surface area contributed by atoms with Gasteiger partial charge in [0.1, 0.15) is 0 Å². The van der Waals surface area contributed by atoms with Crippen LogP contribution in [0.3, 0.4) is 0 Å². The fraction of sp³-hybridized carbons (Fsp3) is 0.500. The summed E-state index contributed by atoms with van der Waals surface area (Å²) < 4.78 is 0. The predicted octanol–water partition coefficient (Wildman–Crippen LogP) is -1.41. The molecular weight excluding hydrogens is 210 g/mol. The topological polar surface area (TPSA) is 115 Å². The Hall–Kier alpha value is -1.53. The number of carbonyl (C=O) groups excluding carboxylic acids is 3. The summed E-state index contributed by atoms with van der Waals surface area (Å²) in [7, 11) is 0. The van der Waals surface area contributed by atoms with Crippen LogP contribution in [-0.4, -0.2) is 30.2 Å². The zero-order valence-corrected chi connectivity index (χ0v) is 8.86. The summed E-state index contributed by atoms with van der Waals surface area (Å²) in [6.07, 6.45) is 2.97. The third-order valence-corrected chi connectivity index (χ3v) is 2.33. The molecule has 88 valence electrons. The molecule has 0 fully saturated rings. The Morgan fingerprint density at radius 1 is 1.38 bits per heavy atom. The van der Waals surface area contributed by atoms with E-state index in [1.165, 1.54) is 0 Å². The third-order valence-electron chi connectivity index (χ3n) is 2.33. The van der Waals surface area contributed by atoms with E-state index in [4.69, 9.17) is 11.5 Å². The average Bonchev–Trinajstić information content (AvgIpc) is 2.57. The molecule has 0 saturated carbocycles. The van der Waals surface area contributed by atoms with Crippen LogP contribution in [0, 0.1) is 0 Å². The quantitative estimate of drug-likeness (QED) is 0.292. The van der Waals surface area contributed by atoms with Gasteiger partial charge in [-0.1, -0.05) is 6.42 Å². The van der Waals surface area contributed by atoms with Crippen molar-refractivity contribution < 1.29 is 14.4 Å². The Kier molecular flexibility index (Phi) is 4.33. The fourth-order valence-corrected chi connectivity index (χ4v) is 1.43. The molecule has 1 rings (SSSR count). The zero-order valence-electron chi connectivity index (χ0n) is 8.86. The maximum atomic E-state index is 11.7. The first kappa shape index (κ1) is 12.5. The van der Waals surface area contributed by atoms with Gasteiger partial charge in [-0.3, -0.25) is 19.7 Å². The minimum absolute atomic E-state index is 0.148. The van der Waals surface area contributed by atoms with Crippen LogP contribution in [0.2, 0.25) is 0 Å². The molecule has 5 N–H and O–H groups in total. The van der Waals surface area contributed by atoms with E-state index in [-0.39, 0.29) is 5.57 Å². The minimum atomic E-state index is -0.741. The van der Waals surface area contributed by atoms with Gasteiger partial charge in [0.2, 0.25) is 0 Å². The lowest BCUT2D eigenvalue weighted by atomic mass is 10.0. The number of Topliss-reactive ketones (excluding diaryl/α,β-unsaturated/α-hetero) is 1. The van der Waals surface area contributed by atoms with Gasteiger partial charge in [-0.2, -0.15) is 0 Å². The Morgan fingerprint density at radius 3 is 2.56 bits per heavy atom. The van der Waals surface area contributed by atoms with Crippen molar-refractivity contribution in [2.24, 2.45) is 11.5 Å². The van der Waals surface area contributed by atoms with E-state index in [0.717, 1.165) is 18.9 Å². The molecule has 0 saturated heterocycles. The number of nitrogens with two attached hydrogens (primary N) is 2. The second-order valence-corrected chi connectivity index (χ2v) is 3.63. The van der Waals surface area contributed by atoms with Gasteiger partial charge in [-0.15, -0.1) is 0 Å². The number of carbonyl (C=O) groups is 3. The molecule has 0 radical (unpaired) electrons. The molecule has 0 aliphatic carbocycles. The van der Waals surface area contributed by atoms with Crippen LogP contribution in [0.4, 0.5) is 0 Å². The smallest absolute Gasteiger partial charge is 0.261 e. The van der Waals surface area contributed by atoms with Crippen molar-refractivity contribution in [2.45, 2.75) is 25.3 Å². The maximum Gasteiger partial charge on any atom is 0.261 e. The van der Waals surface area contributed by atoms with E-state index in [2.05, 4.69) is 0 Å². The number of ketones is 1. The van der Waals surface area contributed by atoms with E-state index in [9.17, 15) is 14.4 Å². The van der Waals surface area contributed by atoms with Crippen molar-refractivity contribution in [3.05, 3.63) is 11.6 Å². The lowest BCUT2D eigenvalue weighted by Crippen LogP contribution is -2.35. The Balaban J connectivity index is 2.54. The second-order valence-electron chi connectivity index (χ2n) is 3.63. The van der Waals surface area contributed by atoms with Gasteiger partial charge in [0.05, 0.1) is 11.6 Å². The van der Waals surface area contributed by atoms with E-state index in [0.29, 0.717) is 13.0 Å². The van der Waals surface area contributed by atoms with Crippen LogP contribution in [0.5, 0.6) is 0 Å². The molecule has 1 atom stereocenters. The lowest BCUT2D eigenvalue weighted by molar-refractivity contribution is -0.125. The van der Waals surface area contributed by atoms with Gasteiger partial charge in [-0.05, 0) is 19.4 Å². The molecule has 2 amide bonds. The first-order valence-corrected chi connectivity index (χ1v) is 5.13. The van der Waals surface area contributed by atoms with Crippen molar-refractivity contribution in [3.63, 3.8) is 0 Å². The highest BCUT2D eigenvalue weighted by molar-refractivity contribution is 6.31. The Labute approximate surface area is 93.0 Å². The van der Waals surface area contributed by atoms with Crippen LogP contribution >= 0.6 is 0 Å². The average molecular weight is 225 g/mol. The van der Waals surface area contributed by atoms with Crippen molar-refractivity contribution in [1.29, 1.82) is 0 Å². The molecule has 16 heavy (non-hydrogen) atoms. The summed E-state index contributed by atoms with van der Waals surface area (Å²) in [5.41, 5.74) is 10.8. The van der Waals surface area contributed by atoms with Gasteiger partial charge in [0, 0.05) is 6.08 Å². The normalized spacial score (nSPS) is 17.0. The van der Waals surface area contributed by atoms with Crippen LogP contribution < -0.4 is 16.8 Å². The van der Waals surface area contributed by atoms with Gasteiger partial charge >= 0.3 is 0 Å². The van der Waals surface area contributed by atoms with Crippen LogP contribution in [0.1, 0.15) is 19.3 Å². The molecule has 0 aromatic heterocycles. The number of amides is 2. The first-order valence-electron chi connectivity index (χ1n) is 5.13. The summed E-state index contributed by atoms with van der Waals surface area (Å²) in [6, 6.07) is -0.741. The second kappa shape index (κ2) is 5.53. The molecule has 6 nitrogen and oxygen atoms in total. The number of rotatable bonds is 6. The van der Waals surface area contributed by atoms with Crippen LogP contribution in [0.15, 0.2) is 11.6 Å². The summed E-state index contributed by atoms with van der Waals surface area (Å²) >= 11 is 0. The minimum Gasteiger partial charge on any atom is -0.330 e. The van der Waals surface area contributed by atoms with Gasteiger partial charge in [0.25, 0.3) is 11.8 Å². The van der Waals surface area contributed by atoms with E-state index in [1.807, 2.05) is 5.32 Å². The van der Waals surface area contributed by atoms with Crippen LogP contribution in [0.25, 0.3) is 0 Å². The van der Waals surface area contributed by atoms with Crippen LogP contribution in [-0.2, 0) is 14.4 Å². The summed E-state index contributed by atoms with van der Waals surface area (Å²) in [6.45, 7) is 0.544. The van der Waals surface area contributed by atoms with Gasteiger partial charge in [-0.25, -0.2) is 0 Å². The zero-order chi connectivity index (χ0) is 12.1. The van der Waals surface area contributed by atoms with Crippen molar-refractivity contribution in [1.82, 2.24) is 5.32 Å². The monoisotopic (exact) mass is 225 g/mol.